The SMILES string of the molecule is CCCCCCc1cc(CCCCCC)cc(-c2c(C)c(C)c(C)[c-]2C[SiH](c2ccccc2)c2ccccc2)c1.[Cl-].[Cl-].[Cl-].[Ti+4]. The van der Waals surface area contributed by atoms with Gasteiger partial charge >= 0.3 is 21.7 Å². The minimum atomic E-state index is -1.44. The van der Waals surface area contributed by atoms with Crippen molar-refractivity contribution in [1.29, 1.82) is 0 Å². The molecule has 0 atom stereocenters. The summed E-state index contributed by atoms with van der Waals surface area (Å²) in [6.07, 6.45) is 13.0. The Morgan fingerprint density at radius 2 is 1.02 bits per heavy atom. The molecule has 0 radical (unpaired) electrons. The summed E-state index contributed by atoms with van der Waals surface area (Å²) in [4.78, 5) is 0. The molecule has 4 rings (SSSR count). The van der Waals surface area contributed by atoms with Crippen molar-refractivity contribution in [2.45, 2.75) is 105 Å². The summed E-state index contributed by atoms with van der Waals surface area (Å²) >= 11 is 0. The Kier molecular flexibility index (Phi) is 21.8. The summed E-state index contributed by atoms with van der Waals surface area (Å²) in [7, 11) is -1.44. The number of halogens is 3. The largest absolute Gasteiger partial charge is 4.00 e. The van der Waals surface area contributed by atoms with Crippen molar-refractivity contribution in [3.8, 4) is 11.1 Å². The van der Waals surface area contributed by atoms with Gasteiger partial charge in [0.05, 0.1) is 8.80 Å². The average Bonchev–Trinajstić information content (AvgIpc) is 3.20. The van der Waals surface area contributed by atoms with Gasteiger partial charge in [-0.15, -0.1) is 16.7 Å². The molecule has 0 spiro atoms. The van der Waals surface area contributed by atoms with Crippen LogP contribution in [0.4, 0.5) is 0 Å². The second-order valence-electron chi connectivity index (χ2n) is 12.0. The Morgan fingerprint density at radius 3 is 1.45 bits per heavy atom. The number of aryl methyl sites for hydroxylation is 2. The molecule has 4 aromatic carbocycles. The molecule has 236 valence electrons. The summed E-state index contributed by atoms with van der Waals surface area (Å²) in [5, 5.41) is 3.08. The third kappa shape index (κ3) is 11.6. The van der Waals surface area contributed by atoms with Gasteiger partial charge in [0.25, 0.3) is 0 Å². The molecular weight excluding hydrogens is 651 g/mol. The summed E-state index contributed by atoms with van der Waals surface area (Å²) in [5.41, 5.74) is 12.2. The van der Waals surface area contributed by atoms with Gasteiger partial charge < -0.3 is 37.2 Å². The van der Waals surface area contributed by atoms with Crippen LogP contribution in [0.1, 0.15) is 98.6 Å². The Balaban J connectivity index is 0.00000462. The molecule has 0 heterocycles. The molecule has 0 unspecified atom stereocenters. The summed E-state index contributed by atoms with van der Waals surface area (Å²) < 4.78 is 0. The first-order valence-corrected chi connectivity index (χ1v) is 18.0. The van der Waals surface area contributed by atoms with Gasteiger partial charge in [0.2, 0.25) is 0 Å². The van der Waals surface area contributed by atoms with Gasteiger partial charge in [0.15, 0.2) is 0 Å². The first kappa shape index (κ1) is 42.8. The van der Waals surface area contributed by atoms with Crippen molar-refractivity contribution in [3.63, 3.8) is 0 Å². The minimum absolute atomic E-state index is 0. The quantitative estimate of drug-likeness (QED) is 0.0957. The molecule has 0 aliphatic carbocycles. The van der Waals surface area contributed by atoms with Crippen LogP contribution in [0.3, 0.4) is 0 Å². The van der Waals surface area contributed by atoms with E-state index in [4.69, 9.17) is 0 Å². The normalized spacial score (nSPS) is 10.4. The smallest absolute Gasteiger partial charge is 1.00 e. The molecule has 0 aliphatic rings. The zero-order valence-electron chi connectivity index (χ0n) is 27.5. The van der Waals surface area contributed by atoms with Crippen LogP contribution in [0.2, 0.25) is 0 Å². The van der Waals surface area contributed by atoms with Crippen molar-refractivity contribution in [2.75, 3.05) is 0 Å². The zero-order chi connectivity index (χ0) is 28.3. The van der Waals surface area contributed by atoms with Crippen LogP contribution in [-0.2, 0) is 40.6 Å². The van der Waals surface area contributed by atoms with Crippen molar-refractivity contribution >= 4 is 19.2 Å². The molecular formula is C39H51Cl3SiTi. The van der Waals surface area contributed by atoms with Crippen LogP contribution in [0.15, 0.2) is 78.9 Å². The molecule has 0 bridgehead atoms. The van der Waals surface area contributed by atoms with Crippen molar-refractivity contribution in [2.24, 2.45) is 0 Å². The van der Waals surface area contributed by atoms with Gasteiger partial charge in [-0.2, -0.15) is 11.1 Å². The first-order chi connectivity index (χ1) is 19.5. The standard InChI is InChI=1S/C39H51Si.3ClH.Ti/c1-6-8-10-14-20-33-26-34(21-15-11-9-7-2)28-35(27-33)39-32(5)30(3)31(4)38(39)29-40(36-22-16-12-17-23-36)37-24-18-13-19-25-37;;;;/h12-13,16-19,22-28,40H,6-11,14-15,20-21,29H2,1-5H3;3*1H;/q-1;;;;+4/p-3. The fourth-order valence-corrected chi connectivity index (χ4v) is 9.61. The van der Waals surface area contributed by atoms with E-state index in [1.165, 1.54) is 102 Å². The number of benzene rings is 3. The van der Waals surface area contributed by atoms with Crippen molar-refractivity contribution in [1.82, 2.24) is 0 Å². The van der Waals surface area contributed by atoms with E-state index in [-0.39, 0.29) is 58.9 Å². The average molecular weight is 702 g/mol. The summed E-state index contributed by atoms with van der Waals surface area (Å²) in [5.74, 6) is 0. The zero-order valence-corrected chi connectivity index (χ0v) is 32.5. The fourth-order valence-electron chi connectivity index (χ4n) is 6.47. The van der Waals surface area contributed by atoms with Crippen molar-refractivity contribution in [3.05, 3.63) is 112 Å². The minimum Gasteiger partial charge on any atom is -1.00 e. The Hall–Kier alpha value is -1.19. The van der Waals surface area contributed by atoms with Gasteiger partial charge in [-0.05, 0) is 25.7 Å². The molecule has 44 heavy (non-hydrogen) atoms. The van der Waals surface area contributed by atoms with Gasteiger partial charge in [0, 0.05) is 0 Å². The topological polar surface area (TPSA) is 0 Å². The molecule has 4 aromatic rings. The van der Waals surface area contributed by atoms with Crippen LogP contribution < -0.4 is 47.6 Å². The van der Waals surface area contributed by atoms with E-state index in [9.17, 15) is 0 Å². The van der Waals surface area contributed by atoms with Gasteiger partial charge in [-0.25, -0.2) is 0 Å². The fraction of sp³-hybridized carbons (Fsp3) is 0.410. The third-order valence-electron chi connectivity index (χ3n) is 9.05. The van der Waals surface area contributed by atoms with E-state index in [0.29, 0.717) is 0 Å². The Labute approximate surface area is 304 Å². The Morgan fingerprint density at radius 1 is 0.568 bits per heavy atom. The molecule has 5 heteroatoms. The maximum absolute atomic E-state index is 2.55. The maximum atomic E-state index is 2.55. The van der Waals surface area contributed by atoms with Crippen molar-refractivity contribution < 1.29 is 58.9 Å². The van der Waals surface area contributed by atoms with E-state index in [1.807, 2.05) is 0 Å². The van der Waals surface area contributed by atoms with E-state index in [1.54, 1.807) is 16.7 Å². The molecule has 0 fully saturated rings. The van der Waals surface area contributed by atoms with E-state index >= 15 is 0 Å². The number of hydrogen-bond acceptors (Lipinski definition) is 0. The number of rotatable bonds is 15. The second kappa shape index (κ2) is 22.4. The molecule has 0 aromatic heterocycles. The van der Waals surface area contributed by atoms with Crippen LogP contribution in [0, 0.1) is 20.8 Å². The number of hydrogen-bond donors (Lipinski definition) is 0. The molecule has 0 saturated heterocycles. The van der Waals surface area contributed by atoms with Crippen LogP contribution in [0.5, 0.6) is 0 Å². The molecule has 0 amide bonds. The first-order valence-electron chi connectivity index (χ1n) is 16.0. The van der Waals surface area contributed by atoms with E-state index in [2.05, 4.69) is 113 Å². The van der Waals surface area contributed by atoms with Crippen LogP contribution >= 0.6 is 0 Å². The van der Waals surface area contributed by atoms with E-state index in [0.717, 1.165) is 6.04 Å². The second-order valence-corrected chi connectivity index (χ2v) is 14.8. The van der Waals surface area contributed by atoms with E-state index < -0.39 is 8.80 Å². The maximum Gasteiger partial charge on any atom is 4.00 e. The molecule has 0 aliphatic heterocycles. The van der Waals surface area contributed by atoms with Gasteiger partial charge in [0.1, 0.15) is 0 Å². The Bertz CT molecular complexity index is 1260. The number of unbranched alkanes of at least 4 members (excludes halogenated alkanes) is 6. The van der Waals surface area contributed by atoms with Crippen LogP contribution in [-0.4, -0.2) is 8.80 Å². The van der Waals surface area contributed by atoms with Gasteiger partial charge in [-0.3, -0.25) is 0 Å². The van der Waals surface area contributed by atoms with Crippen LogP contribution in [0.25, 0.3) is 11.1 Å². The summed E-state index contributed by atoms with van der Waals surface area (Å²) in [6.45, 7) is 11.7. The third-order valence-corrected chi connectivity index (χ3v) is 12.2. The summed E-state index contributed by atoms with van der Waals surface area (Å²) in [6, 6.07) is 31.5. The molecule has 0 nitrogen and oxygen atoms in total. The predicted molar refractivity (Wildman–Crippen MR) is 180 cm³/mol. The molecule has 0 saturated carbocycles. The predicted octanol–water partition coefficient (Wildman–Crippen LogP) is 0.376. The van der Waals surface area contributed by atoms with Gasteiger partial charge in [-0.1, -0.05) is 185 Å². The molecule has 0 N–H and O–H groups in total. The monoisotopic (exact) mass is 700 g/mol.